The van der Waals surface area contributed by atoms with Crippen LogP contribution in [-0.4, -0.2) is 39.1 Å². The quantitative estimate of drug-likeness (QED) is 0.927. The van der Waals surface area contributed by atoms with Gasteiger partial charge in [0.25, 0.3) is 0 Å². The van der Waals surface area contributed by atoms with Crippen LogP contribution in [0.3, 0.4) is 0 Å². The second kappa shape index (κ2) is 5.75. The van der Waals surface area contributed by atoms with Crippen LogP contribution in [0.5, 0.6) is 0 Å². The molecule has 20 heavy (non-hydrogen) atoms. The Morgan fingerprint density at radius 1 is 1.35 bits per heavy atom. The molecule has 3 heterocycles. The second-order valence-corrected chi connectivity index (χ2v) is 6.79. The van der Waals surface area contributed by atoms with Gasteiger partial charge in [0.15, 0.2) is 5.82 Å². The Morgan fingerprint density at radius 2 is 2.10 bits per heavy atom. The molecule has 0 saturated carbocycles. The van der Waals surface area contributed by atoms with Crippen LogP contribution in [0.4, 0.5) is 0 Å². The summed E-state index contributed by atoms with van der Waals surface area (Å²) in [7, 11) is 0. The first-order chi connectivity index (χ1) is 9.65. The Bertz CT molecular complexity index is 572. The lowest BCUT2D eigenvalue weighted by molar-refractivity contribution is 0.0831. The third kappa shape index (κ3) is 2.70. The maximum atomic E-state index is 6.12. The minimum Gasteiger partial charge on any atom is -0.381 e. The number of rotatable bonds is 4. The second-order valence-electron chi connectivity index (χ2n) is 5.75. The summed E-state index contributed by atoms with van der Waals surface area (Å²) in [6.45, 7) is 5.88. The summed E-state index contributed by atoms with van der Waals surface area (Å²) in [5.74, 6) is 1.84. The van der Waals surface area contributed by atoms with E-state index in [1.165, 1.54) is 0 Å². The molecule has 1 aliphatic rings. The van der Waals surface area contributed by atoms with Gasteiger partial charge in [-0.15, -0.1) is 10.2 Å². The number of nitrogens with zero attached hydrogens (tertiary/aromatic N) is 4. The highest BCUT2D eigenvalue weighted by Gasteiger charge is 2.23. The van der Waals surface area contributed by atoms with Crippen LogP contribution in [0.25, 0.3) is 4.96 Å². The van der Waals surface area contributed by atoms with E-state index in [4.69, 9.17) is 10.5 Å². The summed E-state index contributed by atoms with van der Waals surface area (Å²) in [5, 5.41) is 14.3. The van der Waals surface area contributed by atoms with Crippen LogP contribution in [0, 0.1) is 5.92 Å². The van der Waals surface area contributed by atoms with E-state index in [0.717, 1.165) is 48.3 Å². The van der Waals surface area contributed by atoms with Crippen molar-refractivity contribution in [1.82, 2.24) is 19.8 Å². The molecule has 7 heteroatoms. The summed E-state index contributed by atoms with van der Waals surface area (Å²) in [6.07, 6.45) is 2.80. The van der Waals surface area contributed by atoms with Crippen LogP contribution in [-0.2, 0) is 11.2 Å². The zero-order valence-electron chi connectivity index (χ0n) is 12.0. The Balaban J connectivity index is 1.82. The standard InChI is InChI=1S/C13H21N5OS/c1-8(2)10(14)7-11-17-18-12(15-16-13(18)20-11)9-3-5-19-6-4-9/h8-10H,3-7,14H2,1-2H3. The molecule has 3 rings (SSSR count). The number of aromatic nitrogens is 4. The zero-order chi connectivity index (χ0) is 14.1. The summed E-state index contributed by atoms with van der Waals surface area (Å²) >= 11 is 1.59. The minimum atomic E-state index is 0.144. The van der Waals surface area contributed by atoms with Crippen molar-refractivity contribution in [3.8, 4) is 0 Å². The summed E-state index contributed by atoms with van der Waals surface area (Å²) < 4.78 is 7.31. The molecule has 0 bridgehead atoms. The van der Waals surface area contributed by atoms with Crippen molar-refractivity contribution >= 4 is 16.3 Å². The molecule has 2 N–H and O–H groups in total. The van der Waals surface area contributed by atoms with Crippen LogP contribution < -0.4 is 5.73 Å². The SMILES string of the molecule is CC(C)C(N)Cc1nn2c(C3CCOCC3)nnc2s1. The molecule has 0 aliphatic carbocycles. The van der Waals surface area contributed by atoms with Gasteiger partial charge < -0.3 is 10.5 Å². The molecule has 0 amide bonds. The lowest BCUT2D eigenvalue weighted by Gasteiger charge is -2.19. The Kier molecular flexibility index (Phi) is 4.00. The largest absolute Gasteiger partial charge is 0.381 e. The number of hydrogen-bond donors (Lipinski definition) is 1. The summed E-state index contributed by atoms with van der Waals surface area (Å²) in [6, 6.07) is 0.144. The van der Waals surface area contributed by atoms with Crippen molar-refractivity contribution in [2.24, 2.45) is 11.7 Å². The van der Waals surface area contributed by atoms with E-state index >= 15 is 0 Å². The molecule has 2 aromatic heterocycles. The molecule has 1 unspecified atom stereocenters. The fourth-order valence-electron chi connectivity index (χ4n) is 2.40. The predicted molar refractivity (Wildman–Crippen MR) is 78.0 cm³/mol. The Morgan fingerprint density at radius 3 is 2.80 bits per heavy atom. The normalized spacial score (nSPS) is 19.0. The lowest BCUT2D eigenvalue weighted by Crippen LogP contribution is -2.28. The highest BCUT2D eigenvalue weighted by atomic mass is 32.1. The lowest BCUT2D eigenvalue weighted by atomic mass is 10.00. The average Bonchev–Trinajstić information content (AvgIpc) is 2.99. The number of fused-ring (bicyclic) bond motifs is 1. The Hall–Kier alpha value is -1.05. The number of ether oxygens (including phenoxy) is 1. The molecule has 110 valence electrons. The van der Waals surface area contributed by atoms with Crippen molar-refractivity contribution in [3.05, 3.63) is 10.8 Å². The molecule has 1 saturated heterocycles. The van der Waals surface area contributed by atoms with Gasteiger partial charge in [0.2, 0.25) is 4.96 Å². The first-order valence-corrected chi connectivity index (χ1v) is 8.01. The zero-order valence-corrected chi connectivity index (χ0v) is 12.8. The maximum absolute atomic E-state index is 6.12. The first-order valence-electron chi connectivity index (χ1n) is 7.19. The minimum absolute atomic E-state index is 0.144. The van der Waals surface area contributed by atoms with Gasteiger partial charge in [-0.05, 0) is 18.8 Å². The molecule has 1 atom stereocenters. The first kappa shape index (κ1) is 13.9. The predicted octanol–water partition coefficient (Wildman–Crippen LogP) is 1.61. The van der Waals surface area contributed by atoms with Crippen LogP contribution in [0.15, 0.2) is 0 Å². The van der Waals surface area contributed by atoms with Crippen molar-refractivity contribution in [1.29, 1.82) is 0 Å². The third-order valence-electron chi connectivity index (χ3n) is 3.91. The molecule has 0 radical (unpaired) electrons. The van der Waals surface area contributed by atoms with Crippen molar-refractivity contribution in [2.45, 2.75) is 45.1 Å². The van der Waals surface area contributed by atoms with Gasteiger partial charge in [-0.3, -0.25) is 0 Å². The summed E-state index contributed by atoms with van der Waals surface area (Å²) in [5.41, 5.74) is 6.12. The van der Waals surface area contributed by atoms with Gasteiger partial charge in [-0.25, -0.2) is 0 Å². The molecular weight excluding hydrogens is 274 g/mol. The van der Waals surface area contributed by atoms with Crippen molar-refractivity contribution < 1.29 is 4.74 Å². The van der Waals surface area contributed by atoms with Crippen molar-refractivity contribution in [2.75, 3.05) is 13.2 Å². The number of nitrogens with two attached hydrogens (primary N) is 1. The maximum Gasteiger partial charge on any atom is 0.234 e. The van der Waals surface area contributed by atoms with Crippen LogP contribution >= 0.6 is 11.3 Å². The van der Waals surface area contributed by atoms with Gasteiger partial charge in [-0.2, -0.15) is 9.61 Å². The van der Waals surface area contributed by atoms with Gasteiger partial charge in [0.05, 0.1) is 0 Å². The highest BCUT2D eigenvalue weighted by Crippen LogP contribution is 2.27. The van der Waals surface area contributed by atoms with E-state index in [-0.39, 0.29) is 6.04 Å². The smallest absolute Gasteiger partial charge is 0.234 e. The highest BCUT2D eigenvalue weighted by molar-refractivity contribution is 7.16. The van der Waals surface area contributed by atoms with E-state index in [0.29, 0.717) is 11.8 Å². The monoisotopic (exact) mass is 295 g/mol. The van der Waals surface area contributed by atoms with Crippen LogP contribution in [0.2, 0.25) is 0 Å². The molecule has 0 spiro atoms. The Labute approximate surface area is 122 Å². The topological polar surface area (TPSA) is 78.3 Å². The number of hydrogen-bond acceptors (Lipinski definition) is 6. The van der Waals surface area contributed by atoms with Crippen LogP contribution in [0.1, 0.15) is 43.4 Å². The van der Waals surface area contributed by atoms with Gasteiger partial charge >= 0.3 is 0 Å². The molecule has 0 aromatic carbocycles. The van der Waals surface area contributed by atoms with E-state index in [1.807, 2.05) is 4.52 Å². The molecule has 1 aliphatic heterocycles. The van der Waals surface area contributed by atoms with Gasteiger partial charge in [0.1, 0.15) is 5.01 Å². The van der Waals surface area contributed by atoms with Gasteiger partial charge in [-0.1, -0.05) is 25.2 Å². The third-order valence-corrected chi connectivity index (χ3v) is 4.83. The van der Waals surface area contributed by atoms with Crippen molar-refractivity contribution in [3.63, 3.8) is 0 Å². The van der Waals surface area contributed by atoms with E-state index in [2.05, 4.69) is 29.1 Å². The van der Waals surface area contributed by atoms with E-state index in [9.17, 15) is 0 Å². The van der Waals surface area contributed by atoms with Gasteiger partial charge in [0, 0.05) is 31.6 Å². The fourth-order valence-corrected chi connectivity index (χ4v) is 3.31. The fraction of sp³-hybridized carbons (Fsp3) is 0.769. The molecular formula is C13H21N5OS. The molecule has 1 fully saturated rings. The van der Waals surface area contributed by atoms with E-state index in [1.54, 1.807) is 11.3 Å². The summed E-state index contributed by atoms with van der Waals surface area (Å²) in [4.78, 5) is 0.873. The molecule has 2 aromatic rings. The molecule has 6 nitrogen and oxygen atoms in total. The average molecular weight is 295 g/mol. The van der Waals surface area contributed by atoms with E-state index < -0.39 is 0 Å².